The molecule has 0 unspecified atom stereocenters. The van der Waals surface area contributed by atoms with E-state index < -0.39 is 5.97 Å². The molecule has 1 aliphatic heterocycles. The molecule has 1 fully saturated rings. The number of anilines is 1. The van der Waals surface area contributed by atoms with Crippen LogP contribution in [0.15, 0.2) is 42.5 Å². The first-order valence-corrected chi connectivity index (χ1v) is 11.4. The molecule has 1 N–H and O–H groups in total. The lowest BCUT2D eigenvalue weighted by Crippen LogP contribution is -2.36. The quantitative estimate of drug-likeness (QED) is 0.489. The number of thiazole rings is 1. The minimum atomic E-state index is -1.02. The molecule has 0 amide bonds. The molecule has 2 aromatic heterocycles. The fourth-order valence-electron chi connectivity index (χ4n) is 3.95. The fraction of sp³-hybridized carbons (Fsp3) is 0.292. The van der Waals surface area contributed by atoms with Gasteiger partial charge in [0, 0.05) is 24.3 Å². The molecule has 4 aromatic rings. The lowest BCUT2D eigenvalue weighted by Gasteiger charge is -2.25. The highest BCUT2D eigenvalue weighted by Gasteiger charge is 2.19. The number of aryl methyl sites for hydroxylation is 2. The Hall–Kier alpha value is -3.23. The van der Waals surface area contributed by atoms with Crippen molar-refractivity contribution in [1.29, 1.82) is 0 Å². The van der Waals surface area contributed by atoms with Crippen LogP contribution in [0.2, 0.25) is 0 Å². The SMILES string of the molecule is Cc1ccc(-c2cc(Cn3nc(C(=O)O)cc3C)c3nc(N4CCOCC4)sc3c2)cc1. The lowest BCUT2D eigenvalue weighted by atomic mass is 10.0. The number of benzene rings is 2. The molecule has 1 aliphatic rings. The smallest absolute Gasteiger partial charge is 0.356 e. The molecule has 3 heterocycles. The van der Waals surface area contributed by atoms with Gasteiger partial charge in [0.2, 0.25) is 0 Å². The molecule has 164 valence electrons. The zero-order chi connectivity index (χ0) is 22.2. The first kappa shape index (κ1) is 20.7. The van der Waals surface area contributed by atoms with Crippen LogP contribution in [0.4, 0.5) is 5.13 Å². The van der Waals surface area contributed by atoms with Gasteiger partial charge in [0.25, 0.3) is 0 Å². The van der Waals surface area contributed by atoms with Gasteiger partial charge < -0.3 is 14.7 Å². The zero-order valence-electron chi connectivity index (χ0n) is 18.0. The van der Waals surface area contributed by atoms with Gasteiger partial charge in [0.1, 0.15) is 0 Å². The number of carboxylic acids is 1. The Morgan fingerprint density at radius 1 is 1.09 bits per heavy atom. The van der Waals surface area contributed by atoms with Gasteiger partial charge in [-0.15, -0.1) is 0 Å². The van der Waals surface area contributed by atoms with Crippen molar-refractivity contribution in [2.75, 3.05) is 31.2 Å². The Morgan fingerprint density at radius 2 is 1.84 bits per heavy atom. The second-order valence-electron chi connectivity index (χ2n) is 8.08. The Balaban J connectivity index is 1.61. The minimum Gasteiger partial charge on any atom is -0.476 e. The first-order chi connectivity index (χ1) is 15.5. The molecule has 7 nitrogen and oxygen atoms in total. The van der Waals surface area contributed by atoms with Crippen molar-refractivity contribution in [3.05, 3.63) is 65.0 Å². The van der Waals surface area contributed by atoms with Crippen molar-refractivity contribution in [3.63, 3.8) is 0 Å². The van der Waals surface area contributed by atoms with Gasteiger partial charge in [-0.25, -0.2) is 9.78 Å². The molecule has 0 saturated carbocycles. The monoisotopic (exact) mass is 448 g/mol. The van der Waals surface area contributed by atoms with Crippen molar-refractivity contribution < 1.29 is 14.6 Å². The van der Waals surface area contributed by atoms with Crippen molar-refractivity contribution >= 4 is 32.7 Å². The number of nitrogens with zero attached hydrogens (tertiary/aromatic N) is 4. The molecule has 0 spiro atoms. The molecule has 5 rings (SSSR count). The number of fused-ring (bicyclic) bond motifs is 1. The summed E-state index contributed by atoms with van der Waals surface area (Å²) in [7, 11) is 0. The Kier molecular flexibility index (Phi) is 5.40. The molecular weight excluding hydrogens is 424 g/mol. The van der Waals surface area contributed by atoms with Crippen molar-refractivity contribution in [3.8, 4) is 11.1 Å². The van der Waals surface area contributed by atoms with Crippen molar-refractivity contribution in [2.24, 2.45) is 0 Å². The highest BCUT2D eigenvalue weighted by Crippen LogP contribution is 2.35. The lowest BCUT2D eigenvalue weighted by molar-refractivity contribution is 0.0689. The van der Waals surface area contributed by atoms with Crippen LogP contribution in [0.3, 0.4) is 0 Å². The highest BCUT2D eigenvalue weighted by molar-refractivity contribution is 7.22. The van der Waals surface area contributed by atoms with Gasteiger partial charge in [0.15, 0.2) is 10.8 Å². The summed E-state index contributed by atoms with van der Waals surface area (Å²) in [5.74, 6) is -1.02. The largest absolute Gasteiger partial charge is 0.476 e. The standard InChI is InChI=1S/C24H24N4O3S/c1-15-3-5-17(6-4-15)18-12-19(14-28-16(2)11-20(26-28)23(29)30)22-21(13-18)32-24(25-22)27-7-9-31-10-8-27/h3-6,11-13H,7-10,14H2,1-2H3,(H,29,30). The van der Waals surface area contributed by atoms with E-state index >= 15 is 0 Å². The van der Waals surface area contributed by atoms with E-state index in [0.29, 0.717) is 19.8 Å². The van der Waals surface area contributed by atoms with Crippen LogP contribution in [0.25, 0.3) is 21.3 Å². The molecular formula is C24H24N4O3S. The van der Waals surface area contributed by atoms with E-state index in [1.54, 1.807) is 22.1 Å². The fourth-order valence-corrected chi connectivity index (χ4v) is 5.05. The van der Waals surface area contributed by atoms with Gasteiger partial charge in [-0.3, -0.25) is 4.68 Å². The zero-order valence-corrected chi connectivity index (χ0v) is 18.9. The second-order valence-corrected chi connectivity index (χ2v) is 9.09. The van der Waals surface area contributed by atoms with Crippen LogP contribution >= 0.6 is 11.3 Å². The maximum Gasteiger partial charge on any atom is 0.356 e. The normalized spacial score (nSPS) is 14.2. The maximum absolute atomic E-state index is 11.4. The van der Waals surface area contributed by atoms with Crippen LogP contribution in [0.1, 0.15) is 27.3 Å². The van der Waals surface area contributed by atoms with Crippen LogP contribution in [-0.2, 0) is 11.3 Å². The third-order valence-electron chi connectivity index (χ3n) is 5.75. The summed E-state index contributed by atoms with van der Waals surface area (Å²) < 4.78 is 8.35. The third kappa shape index (κ3) is 3.99. The summed E-state index contributed by atoms with van der Waals surface area (Å²) in [4.78, 5) is 18.6. The second kappa shape index (κ2) is 8.37. The highest BCUT2D eigenvalue weighted by atomic mass is 32.1. The molecule has 1 saturated heterocycles. The van der Waals surface area contributed by atoms with Gasteiger partial charge in [0.05, 0.1) is 30.0 Å². The van der Waals surface area contributed by atoms with E-state index in [4.69, 9.17) is 9.72 Å². The van der Waals surface area contributed by atoms with Crippen molar-refractivity contribution in [2.45, 2.75) is 20.4 Å². The van der Waals surface area contributed by atoms with Crippen LogP contribution in [0, 0.1) is 13.8 Å². The first-order valence-electron chi connectivity index (χ1n) is 10.6. The van der Waals surface area contributed by atoms with Gasteiger partial charge in [-0.2, -0.15) is 5.10 Å². The van der Waals surface area contributed by atoms with E-state index in [1.807, 2.05) is 6.92 Å². The minimum absolute atomic E-state index is 0.0562. The molecule has 32 heavy (non-hydrogen) atoms. The van der Waals surface area contributed by atoms with Gasteiger partial charge >= 0.3 is 5.97 Å². The Bertz CT molecular complexity index is 1290. The number of aromatic carboxylic acids is 1. The average molecular weight is 449 g/mol. The molecule has 2 aromatic carbocycles. The van der Waals surface area contributed by atoms with Crippen LogP contribution in [-0.4, -0.2) is 52.1 Å². The maximum atomic E-state index is 11.4. The predicted molar refractivity (Wildman–Crippen MR) is 126 cm³/mol. The number of rotatable bonds is 5. The number of ether oxygens (including phenoxy) is 1. The Labute approximate surface area is 189 Å². The molecule has 0 radical (unpaired) electrons. The summed E-state index contributed by atoms with van der Waals surface area (Å²) in [6.45, 7) is 7.50. The van der Waals surface area contributed by atoms with Crippen LogP contribution < -0.4 is 4.90 Å². The predicted octanol–water partition coefficient (Wildman–Crippen LogP) is 4.36. The third-order valence-corrected chi connectivity index (χ3v) is 6.81. The molecule has 0 atom stereocenters. The molecule has 0 bridgehead atoms. The summed E-state index contributed by atoms with van der Waals surface area (Å²) in [5.41, 5.74) is 6.31. The number of carboxylic acid groups (broad SMARTS) is 1. The molecule has 0 aliphatic carbocycles. The van der Waals surface area contributed by atoms with Crippen LogP contribution in [0.5, 0.6) is 0 Å². The van der Waals surface area contributed by atoms with E-state index in [1.165, 1.54) is 5.56 Å². The summed E-state index contributed by atoms with van der Waals surface area (Å²) in [5, 5.41) is 14.6. The van der Waals surface area contributed by atoms with E-state index in [9.17, 15) is 9.90 Å². The van der Waals surface area contributed by atoms with E-state index in [2.05, 4.69) is 53.3 Å². The van der Waals surface area contributed by atoms with E-state index in [-0.39, 0.29) is 5.69 Å². The Morgan fingerprint density at radius 3 is 2.53 bits per heavy atom. The molecule has 8 heteroatoms. The summed E-state index contributed by atoms with van der Waals surface area (Å²) in [6, 6.07) is 14.4. The van der Waals surface area contributed by atoms with Gasteiger partial charge in [-0.05, 0) is 43.2 Å². The summed E-state index contributed by atoms with van der Waals surface area (Å²) in [6.07, 6.45) is 0. The number of aromatic nitrogens is 3. The van der Waals surface area contributed by atoms with E-state index in [0.717, 1.165) is 50.8 Å². The average Bonchev–Trinajstić information content (AvgIpc) is 3.39. The number of hydrogen-bond acceptors (Lipinski definition) is 6. The topological polar surface area (TPSA) is 80.5 Å². The van der Waals surface area contributed by atoms with Crippen molar-refractivity contribution in [1.82, 2.24) is 14.8 Å². The summed E-state index contributed by atoms with van der Waals surface area (Å²) >= 11 is 1.69. The number of carbonyl (C=O) groups is 1. The number of morpholine rings is 1. The number of hydrogen-bond donors (Lipinski definition) is 1. The van der Waals surface area contributed by atoms with Gasteiger partial charge in [-0.1, -0.05) is 41.2 Å².